The van der Waals surface area contributed by atoms with Gasteiger partial charge in [0, 0.05) is 16.6 Å². The Morgan fingerprint density at radius 2 is 1.47 bits per heavy atom. The topological polar surface area (TPSA) is 87.2 Å². The molecule has 1 N–H and O–H groups in total. The standard InChI is InChI=1S/C30H37BrN2O5/c1-4-6-17-32(18-7-5-2)19-8-20-33-26(21-9-11-23(12-10-21)30(37)38-3)25(28(35)29(33)36)27(34)22-13-15-24(31)16-14-22/h9-16,26,34H,4-8,17-20H2,1-3H3/b27-25-. The summed E-state index contributed by atoms with van der Waals surface area (Å²) >= 11 is 3.38. The second-order valence-electron chi connectivity index (χ2n) is 9.52. The molecule has 2 aromatic rings. The first kappa shape index (κ1) is 29.6. The van der Waals surface area contributed by atoms with E-state index in [1.165, 1.54) is 7.11 Å². The van der Waals surface area contributed by atoms with Crippen LogP contribution in [0.5, 0.6) is 0 Å². The number of aliphatic hydroxyl groups excluding tert-OH is 1. The van der Waals surface area contributed by atoms with Crippen molar-refractivity contribution in [2.75, 3.05) is 33.3 Å². The van der Waals surface area contributed by atoms with Gasteiger partial charge in [-0.1, -0.05) is 66.9 Å². The van der Waals surface area contributed by atoms with E-state index in [9.17, 15) is 19.5 Å². The predicted molar refractivity (Wildman–Crippen MR) is 152 cm³/mol. The molecule has 1 amide bonds. The third-order valence-electron chi connectivity index (χ3n) is 6.83. The van der Waals surface area contributed by atoms with Gasteiger partial charge in [-0.15, -0.1) is 0 Å². The number of methoxy groups -OCH3 is 1. The Balaban J connectivity index is 1.94. The molecule has 2 aromatic carbocycles. The summed E-state index contributed by atoms with van der Waals surface area (Å²) in [6, 6.07) is 12.8. The van der Waals surface area contributed by atoms with Crippen molar-refractivity contribution in [3.8, 4) is 0 Å². The third kappa shape index (κ3) is 7.11. The molecule has 1 aliphatic rings. The zero-order chi connectivity index (χ0) is 27.7. The predicted octanol–water partition coefficient (Wildman–Crippen LogP) is 5.95. The fourth-order valence-electron chi connectivity index (χ4n) is 4.70. The smallest absolute Gasteiger partial charge is 0.337 e. The van der Waals surface area contributed by atoms with E-state index in [0.29, 0.717) is 29.7 Å². The summed E-state index contributed by atoms with van der Waals surface area (Å²) in [5.41, 5.74) is 1.51. The van der Waals surface area contributed by atoms with E-state index in [4.69, 9.17) is 4.74 Å². The Kier molecular flexibility index (Phi) is 11.1. The maximum atomic E-state index is 13.3. The van der Waals surface area contributed by atoms with Crippen molar-refractivity contribution in [2.24, 2.45) is 0 Å². The lowest BCUT2D eigenvalue weighted by atomic mass is 9.94. The number of hydrogen-bond acceptors (Lipinski definition) is 6. The Labute approximate surface area is 233 Å². The summed E-state index contributed by atoms with van der Waals surface area (Å²) in [7, 11) is 1.31. The van der Waals surface area contributed by atoms with Crippen LogP contribution in [0.3, 0.4) is 0 Å². The van der Waals surface area contributed by atoms with Crippen LogP contribution in [0.15, 0.2) is 58.6 Å². The van der Waals surface area contributed by atoms with Gasteiger partial charge in [0.15, 0.2) is 0 Å². The number of nitrogens with zero attached hydrogens (tertiary/aromatic N) is 2. The maximum Gasteiger partial charge on any atom is 0.337 e. The normalized spacial score (nSPS) is 16.9. The summed E-state index contributed by atoms with van der Waals surface area (Å²) < 4.78 is 5.63. The fourth-order valence-corrected chi connectivity index (χ4v) is 4.97. The number of likely N-dealkylation sites (tertiary alicyclic amines) is 1. The molecule has 1 heterocycles. The number of benzene rings is 2. The van der Waals surface area contributed by atoms with Gasteiger partial charge < -0.3 is 19.6 Å². The van der Waals surface area contributed by atoms with Crippen LogP contribution in [0.4, 0.5) is 0 Å². The third-order valence-corrected chi connectivity index (χ3v) is 7.36. The van der Waals surface area contributed by atoms with Crippen molar-refractivity contribution in [1.29, 1.82) is 0 Å². The molecule has 0 radical (unpaired) electrons. The summed E-state index contributed by atoms with van der Waals surface area (Å²) in [6.45, 7) is 7.57. The average molecular weight is 586 g/mol. The number of carbonyl (C=O) groups is 3. The first-order valence-electron chi connectivity index (χ1n) is 13.3. The van der Waals surface area contributed by atoms with Gasteiger partial charge in [0.05, 0.1) is 24.3 Å². The van der Waals surface area contributed by atoms with E-state index in [1.807, 2.05) is 0 Å². The molecule has 3 rings (SSSR count). The Morgan fingerprint density at radius 1 is 0.921 bits per heavy atom. The Bertz CT molecular complexity index is 1140. The number of amides is 1. The lowest BCUT2D eigenvalue weighted by Crippen LogP contribution is -2.34. The largest absolute Gasteiger partial charge is 0.507 e. The van der Waals surface area contributed by atoms with Crippen LogP contribution in [-0.2, 0) is 14.3 Å². The molecule has 0 bridgehead atoms. The van der Waals surface area contributed by atoms with Gasteiger partial charge in [-0.25, -0.2) is 4.79 Å². The molecule has 1 saturated heterocycles. The van der Waals surface area contributed by atoms with Gasteiger partial charge in [0.25, 0.3) is 11.7 Å². The van der Waals surface area contributed by atoms with E-state index < -0.39 is 23.7 Å². The number of rotatable bonds is 13. The summed E-state index contributed by atoms with van der Waals surface area (Å²) in [5.74, 6) is -2.02. The van der Waals surface area contributed by atoms with Crippen molar-refractivity contribution in [1.82, 2.24) is 9.80 Å². The minimum absolute atomic E-state index is 0.0527. The van der Waals surface area contributed by atoms with Gasteiger partial charge >= 0.3 is 5.97 Å². The minimum Gasteiger partial charge on any atom is -0.507 e. The zero-order valence-electron chi connectivity index (χ0n) is 22.4. The molecule has 204 valence electrons. The SMILES string of the molecule is CCCCN(CCCC)CCCN1C(=O)C(=O)/C(=C(\O)c2ccc(Br)cc2)C1c1ccc(C(=O)OC)cc1. The first-order chi connectivity index (χ1) is 18.3. The van der Waals surface area contributed by atoms with E-state index in [2.05, 4.69) is 34.7 Å². The van der Waals surface area contributed by atoms with Crippen molar-refractivity contribution < 1.29 is 24.2 Å². The number of Topliss-reactive ketones (excluding diaryl/α,β-unsaturated/α-hetero) is 1. The number of halogens is 1. The molecule has 0 saturated carbocycles. The fraction of sp³-hybridized carbons (Fsp3) is 0.433. The highest BCUT2D eigenvalue weighted by Gasteiger charge is 2.45. The molecule has 8 heteroatoms. The van der Waals surface area contributed by atoms with Crippen molar-refractivity contribution >= 4 is 39.3 Å². The number of ketones is 1. The molecular formula is C30H37BrN2O5. The first-order valence-corrected chi connectivity index (χ1v) is 14.1. The maximum absolute atomic E-state index is 13.3. The van der Waals surface area contributed by atoms with E-state index in [-0.39, 0.29) is 11.3 Å². The summed E-state index contributed by atoms with van der Waals surface area (Å²) in [5, 5.41) is 11.2. The van der Waals surface area contributed by atoms with Gasteiger partial charge in [-0.2, -0.15) is 0 Å². The van der Waals surface area contributed by atoms with E-state index in [1.54, 1.807) is 53.4 Å². The van der Waals surface area contributed by atoms with Crippen LogP contribution < -0.4 is 0 Å². The number of esters is 1. The van der Waals surface area contributed by atoms with Gasteiger partial charge in [-0.05, 0) is 68.7 Å². The van der Waals surface area contributed by atoms with Gasteiger partial charge in [0.1, 0.15) is 5.76 Å². The summed E-state index contributed by atoms with van der Waals surface area (Å²) in [6.07, 6.45) is 5.18. The molecule has 1 atom stereocenters. The molecule has 7 nitrogen and oxygen atoms in total. The average Bonchev–Trinajstić information content (AvgIpc) is 3.18. The summed E-state index contributed by atoms with van der Waals surface area (Å²) in [4.78, 5) is 42.5. The molecule has 0 spiro atoms. The second kappa shape index (κ2) is 14.3. The number of unbranched alkanes of at least 4 members (excludes halogenated alkanes) is 2. The second-order valence-corrected chi connectivity index (χ2v) is 10.4. The quantitative estimate of drug-likeness (QED) is 0.135. The number of carbonyl (C=O) groups excluding carboxylic acids is 3. The van der Waals surface area contributed by atoms with Crippen molar-refractivity contribution in [3.63, 3.8) is 0 Å². The monoisotopic (exact) mass is 584 g/mol. The zero-order valence-corrected chi connectivity index (χ0v) is 24.0. The van der Waals surface area contributed by atoms with Crippen LogP contribution in [0, 0.1) is 0 Å². The number of aliphatic hydroxyl groups is 1. The van der Waals surface area contributed by atoms with Crippen molar-refractivity contribution in [3.05, 3.63) is 75.3 Å². The minimum atomic E-state index is -0.759. The molecule has 1 unspecified atom stereocenters. The van der Waals surface area contributed by atoms with Crippen molar-refractivity contribution in [2.45, 2.75) is 52.0 Å². The molecular weight excluding hydrogens is 548 g/mol. The lowest BCUT2D eigenvalue weighted by Gasteiger charge is -2.27. The van der Waals surface area contributed by atoms with Crippen LogP contribution in [-0.4, -0.2) is 65.9 Å². The van der Waals surface area contributed by atoms with Crippen LogP contribution >= 0.6 is 15.9 Å². The molecule has 38 heavy (non-hydrogen) atoms. The lowest BCUT2D eigenvalue weighted by molar-refractivity contribution is -0.140. The highest BCUT2D eigenvalue weighted by Crippen LogP contribution is 2.39. The van der Waals surface area contributed by atoms with E-state index >= 15 is 0 Å². The number of hydrogen-bond donors (Lipinski definition) is 1. The highest BCUT2D eigenvalue weighted by atomic mass is 79.9. The van der Waals surface area contributed by atoms with Crippen LogP contribution in [0.1, 0.15) is 73.5 Å². The van der Waals surface area contributed by atoms with Crippen LogP contribution in [0.25, 0.3) is 5.76 Å². The molecule has 0 aliphatic carbocycles. The highest BCUT2D eigenvalue weighted by molar-refractivity contribution is 9.10. The van der Waals surface area contributed by atoms with Crippen LogP contribution in [0.2, 0.25) is 0 Å². The molecule has 1 fully saturated rings. The molecule has 1 aliphatic heterocycles. The van der Waals surface area contributed by atoms with Gasteiger partial charge in [0.2, 0.25) is 0 Å². The van der Waals surface area contributed by atoms with E-state index in [0.717, 1.165) is 49.8 Å². The van der Waals surface area contributed by atoms with Gasteiger partial charge in [-0.3, -0.25) is 9.59 Å². The number of ether oxygens (including phenoxy) is 1. The molecule has 0 aromatic heterocycles. The Hall–Kier alpha value is -2.97. The Morgan fingerprint density at radius 3 is 2.03 bits per heavy atom.